The van der Waals surface area contributed by atoms with Gasteiger partial charge in [0, 0.05) is 24.4 Å². The molecule has 6 heteroatoms. The molecular weight excluding hydrogens is 506 g/mol. The van der Waals surface area contributed by atoms with Crippen molar-refractivity contribution in [2.24, 2.45) is 23.2 Å². The number of hydrogen-bond acceptors (Lipinski definition) is 6. The number of rotatable bonds is 8. The number of aliphatic hydroxyl groups is 2. The van der Waals surface area contributed by atoms with Crippen LogP contribution in [-0.4, -0.2) is 39.5 Å². The van der Waals surface area contributed by atoms with Crippen LogP contribution in [0.3, 0.4) is 0 Å². The molecule has 4 aliphatic rings. The lowest BCUT2D eigenvalue weighted by atomic mass is 9.60. The van der Waals surface area contributed by atoms with Crippen LogP contribution in [0.25, 0.3) is 0 Å². The minimum absolute atomic E-state index is 0.0784. The van der Waals surface area contributed by atoms with Gasteiger partial charge in [-0.25, -0.2) is 4.98 Å². The maximum absolute atomic E-state index is 12.1. The molecule has 214 valence electrons. The summed E-state index contributed by atoms with van der Waals surface area (Å²) in [7, 11) is 0. The van der Waals surface area contributed by atoms with Crippen LogP contribution in [0.2, 0.25) is 0 Å². The molecule has 4 aliphatic carbocycles. The third-order valence-corrected chi connectivity index (χ3v) is 11.8. The zero-order valence-corrected chi connectivity index (χ0v) is 25.1. The first-order chi connectivity index (χ1) is 18.5. The average Bonchev–Trinajstić information content (AvgIpc) is 3.43. The summed E-state index contributed by atoms with van der Waals surface area (Å²) >= 11 is 1.72. The van der Waals surface area contributed by atoms with Crippen LogP contribution in [0.1, 0.15) is 102 Å². The van der Waals surface area contributed by atoms with E-state index in [1.165, 1.54) is 38.2 Å². The summed E-state index contributed by atoms with van der Waals surface area (Å²) in [5.41, 5.74) is 4.54. The molecule has 1 aromatic heterocycles. The fraction of sp³-hybridized carbons (Fsp3) is 0.697. The molecule has 39 heavy (non-hydrogen) atoms. The number of carbonyl (C=O) groups excluding carboxylic acids is 1. The lowest BCUT2D eigenvalue weighted by Crippen LogP contribution is -2.37. The van der Waals surface area contributed by atoms with Gasteiger partial charge in [0.15, 0.2) is 0 Å². The van der Waals surface area contributed by atoms with Gasteiger partial charge in [-0.2, -0.15) is 0 Å². The standard InChI is InChI=1S/C33H47NO4S/c1-20(8-13-30(38-23(4)35)33(15-16-33)31-34-21(2)19-39-31)27-11-12-28-24(7-6-14-32(27,28)5)9-10-25-17-26(36)18-29(37)22(25)3/h9-10,19-20,26-30,36-37H,3,6-8,11-18H2,1-2,4-5H3/t20-,26-,27-,28+,29+,30+,32-/m1/s1. The van der Waals surface area contributed by atoms with Crippen LogP contribution in [0, 0.1) is 30.1 Å². The van der Waals surface area contributed by atoms with Gasteiger partial charge in [0.1, 0.15) is 11.1 Å². The second kappa shape index (κ2) is 11.3. The summed E-state index contributed by atoms with van der Waals surface area (Å²) in [6.07, 6.45) is 14.3. The summed E-state index contributed by atoms with van der Waals surface area (Å²) < 4.78 is 5.99. The van der Waals surface area contributed by atoms with Crippen molar-refractivity contribution in [3.05, 3.63) is 51.5 Å². The molecule has 0 bridgehead atoms. The average molecular weight is 554 g/mol. The van der Waals surface area contributed by atoms with E-state index >= 15 is 0 Å². The molecule has 0 unspecified atom stereocenters. The molecule has 0 saturated heterocycles. The molecule has 0 radical (unpaired) electrons. The molecule has 0 amide bonds. The van der Waals surface area contributed by atoms with E-state index in [1.807, 2.05) is 6.92 Å². The summed E-state index contributed by atoms with van der Waals surface area (Å²) in [6.45, 7) is 12.6. The molecule has 0 aliphatic heterocycles. The molecule has 1 heterocycles. The zero-order valence-electron chi connectivity index (χ0n) is 24.2. The molecule has 5 nitrogen and oxygen atoms in total. The van der Waals surface area contributed by atoms with E-state index in [0.717, 1.165) is 54.0 Å². The van der Waals surface area contributed by atoms with Crippen molar-refractivity contribution >= 4 is 17.3 Å². The number of ether oxygens (including phenoxy) is 1. The smallest absolute Gasteiger partial charge is 0.302 e. The van der Waals surface area contributed by atoms with Crippen LogP contribution < -0.4 is 0 Å². The lowest BCUT2D eigenvalue weighted by Gasteiger charge is -2.44. The number of nitrogens with zero attached hydrogens (tertiary/aromatic N) is 1. The minimum atomic E-state index is -0.642. The highest BCUT2D eigenvalue weighted by molar-refractivity contribution is 7.09. The maximum Gasteiger partial charge on any atom is 0.302 e. The number of carbonyl (C=O) groups is 1. The predicted octanol–water partition coefficient (Wildman–Crippen LogP) is 6.97. The topological polar surface area (TPSA) is 79.7 Å². The number of thiazole rings is 1. The highest BCUT2D eigenvalue weighted by Gasteiger charge is 2.55. The minimum Gasteiger partial charge on any atom is -0.462 e. The first kappa shape index (κ1) is 28.8. The van der Waals surface area contributed by atoms with Gasteiger partial charge in [-0.1, -0.05) is 38.2 Å². The van der Waals surface area contributed by atoms with E-state index in [4.69, 9.17) is 9.72 Å². The Balaban J connectivity index is 1.28. The van der Waals surface area contributed by atoms with Gasteiger partial charge in [0.2, 0.25) is 0 Å². The molecule has 0 spiro atoms. The van der Waals surface area contributed by atoms with Gasteiger partial charge in [0.05, 0.1) is 17.6 Å². The Bertz CT molecular complexity index is 1150. The van der Waals surface area contributed by atoms with Crippen molar-refractivity contribution in [2.75, 3.05) is 0 Å². The summed E-state index contributed by atoms with van der Waals surface area (Å²) in [5, 5.41) is 23.7. The molecule has 5 rings (SSSR count). The van der Waals surface area contributed by atoms with Crippen molar-refractivity contribution in [3.8, 4) is 0 Å². The fourth-order valence-electron chi connectivity index (χ4n) is 8.33. The van der Waals surface area contributed by atoms with Gasteiger partial charge in [0.25, 0.3) is 0 Å². The van der Waals surface area contributed by atoms with E-state index in [2.05, 4.69) is 38.0 Å². The summed E-state index contributed by atoms with van der Waals surface area (Å²) in [6, 6.07) is 0. The maximum atomic E-state index is 12.1. The highest BCUT2D eigenvalue weighted by Crippen LogP contribution is 2.60. The summed E-state index contributed by atoms with van der Waals surface area (Å²) in [4.78, 5) is 16.9. The normalized spacial score (nSPS) is 35.6. The first-order valence-corrected chi connectivity index (χ1v) is 16.0. The lowest BCUT2D eigenvalue weighted by molar-refractivity contribution is -0.148. The number of aryl methyl sites for hydroxylation is 1. The van der Waals surface area contributed by atoms with Crippen molar-refractivity contribution in [1.82, 2.24) is 4.98 Å². The van der Waals surface area contributed by atoms with Crippen LogP contribution >= 0.6 is 11.3 Å². The third kappa shape index (κ3) is 5.71. The van der Waals surface area contributed by atoms with Crippen LogP contribution in [0.5, 0.6) is 0 Å². The van der Waals surface area contributed by atoms with E-state index in [-0.39, 0.29) is 22.9 Å². The molecule has 1 aromatic rings. The van der Waals surface area contributed by atoms with Gasteiger partial charge in [-0.15, -0.1) is 11.3 Å². The summed E-state index contributed by atoms with van der Waals surface area (Å²) in [5.74, 6) is 1.62. The molecule has 0 aromatic carbocycles. The highest BCUT2D eigenvalue weighted by atomic mass is 32.1. The van der Waals surface area contributed by atoms with Gasteiger partial charge in [-0.3, -0.25) is 4.79 Å². The van der Waals surface area contributed by atoms with E-state index in [0.29, 0.717) is 30.6 Å². The monoisotopic (exact) mass is 553 g/mol. The van der Waals surface area contributed by atoms with Crippen LogP contribution in [0.4, 0.5) is 0 Å². The van der Waals surface area contributed by atoms with Crippen molar-refractivity contribution < 1.29 is 19.7 Å². The fourth-order valence-corrected chi connectivity index (χ4v) is 9.44. The van der Waals surface area contributed by atoms with E-state index in [9.17, 15) is 15.0 Å². The Morgan fingerprint density at radius 3 is 2.69 bits per heavy atom. The number of fused-ring (bicyclic) bond motifs is 1. The SMILES string of the molecule is C=C1C(=CC=C2CCC[C@]3(C)[C@@H]([C@H](C)CC[C@H](OC(C)=O)C4(c5nc(C)cs5)CC4)CC[C@@H]23)C[C@@H](O)C[C@@H]1O. The molecule has 7 atom stereocenters. The quantitative estimate of drug-likeness (QED) is 0.340. The molecule has 4 saturated carbocycles. The number of aliphatic hydroxyl groups excluding tert-OH is 2. The van der Waals surface area contributed by atoms with Gasteiger partial charge in [-0.05, 0) is 105 Å². The Morgan fingerprint density at radius 1 is 1.26 bits per heavy atom. The number of allylic oxidation sites excluding steroid dienone is 3. The molecule has 2 N–H and O–H groups in total. The van der Waals surface area contributed by atoms with Crippen molar-refractivity contribution in [3.63, 3.8) is 0 Å². The number of hydrogen-bond donors (Lipinski definition) is 2. The van der Waals surface area contributed by atoms with Crippen LogP contribution in [0.15, 0.2) is 40.8 Å². The molecular formula is C33H47NO4S. The third-order valence-electron chi connectivity index (χ3n) is 10.6. The van der Waals surface area contributed by atoms with Crippen molar-refractivity contribution in [2.45, 2.75) is 122 Å². The van der Waals surface area contributed by atoms with Gasteiger partial charge >= 0.3 is 5.97 Å². The molecule has 4 fully saturated rings. The Morgan fingerprint density at radius 2 is 2.03 bits per heavy atom. The number of aromatic nitrogens is 1. The van der Waals surface area contributed by atoms with E-state index < -0.39 is 12.2 Å². The van der Waals surface area contributed by atoms with Gasteiger partial charge < -0.3 is 14.9 Å². The van der Waals surface area contributed by atoms with Crippen LogP contribution in [-0.2, 0) is 14.9 Å². The zero-order chi connectivity index (χ0) is 27.9. The second-order valence-electron chi connectivity index (χ2n) is 13.3. The van der Waals surface area contributed by atoms with Crippen molar-refractivity contribution in [1.29, 1.82) is 0 Å². The largest absolute Gasteiger partial charge is 0.462 e. The van der Waals surface area contributed by atoms with E-state index in [1.54, 1.807) is 11.3 Å². The first-order valence-electron chi connectivity index (χ1n) is 15.1. The Labute approximate surface area is 238 Å². The Kier molecular flexibility index (Phi) is 8.30. The number of esters is 1. The second-order valence-corrected chi connectivity index (χ2v) is 14.1. The predicted molar refractivity (Wildman–Crippen MR) is 156 cm³/mol. The Hall–Kier alpha value is -1.76.